The fourth-order valence-corrected chi connectivity index (χ4v) is 4.44. The Balaban J connectivity index is 1.79. The second-order valence-electron chi connectivity index (χ2n) is 6.10. The molecule has 2 heterocycles. The molecule has 2 aromatic carbocycles. The molecule has 1 unspecified atom stereocenters. The predicted molar refractivity (Wildman–Crippen MR) is 98.9 cm³/mol. The predicted octanol–water partition coefficient (Wildman–Crippen LogP) is 3.44. The Hall–Kier alpha value is -2.02. The van der Waals surface area contributed by atoms with Crippen LogP contribution in [0.4, 0.5) is 4.39 Å². The van der Waals surface area contributed by atoms with Crippen molar-refractivity contribution < 1.29 is 9.13 Å². The van der Waals surface area contributed by atoms with Gasteiger partial charge < -0.3 is 10.1 Å². The molecule has 6 heteroatoms. The molecule has 1 aliphatic heterocycles. The Morgan fingerprint density at radius 1 is 1.20 bits per heavy atom. The van der Waals surface area contributed by atoms with E-state index in [1.165, 1.54) is 7.11 Å². The molecule has 0 amide bonds. The number of piperazine rings is 1. The quantitative estimate of drug-likeness (QED) is 0.776. The van der Waals surface area contributed by atoms with E-state index in [1.807, 2.05) is 24.3 Å². The maximum Gasteiger partial charge on any atom is 0.165 e. The van der Waals surface area contributed by atoms with Crippen molar-refractivity contribution in [3.63, 3.8) is 0 Å². The molecular weight excluding hydrogens is 337 g/mol. The van der Waals surface area contributed by atoms with Gasteiger partial charge in [-0.25, -0.2) is 9.37 Å². The molecule has 0 radical (unpaired) electrons. The topological polar surface area (TPSA) is 37.4 Å². The summed E-state index contributed by atoms with van der Waals surface area (Å²) >= 11 is 1.68. The summed E-state index contributed by atoms with van der Waals surface area (Å²) in [5.41, 5.74) is 1.91. The largest absolute Gasteiger partial charge is 0.494 e. The zero-order valence-electron chi connectivity index (χ0n) is 14.0. The van der Waals surface area contributed by atoms with E-state index in [0.29, 0.717) is 0 Å². The Morgan fingerprint density at radius 2 is 2.00 bits per heavy atom. The van der Waals surface area contributed by atoms with Gasteiger partial charge >= 0.3 is 0 Å². The first-order valence-corrected chi connectivity index (χ1v) is 9.21. The van der Waals surface area contributed by atoms with E-state index >= 15 is 0 Å². The number of nitrogens with zero attached hydrogens (tertiary/aromatic N) is 2. The van der Waals surface area contributed by atoms with Crippen LogP contribution in [0.3, 0.4) is 0 Å². The second kappa shape index (κ2) is 7.07. The average Bonchev–Trinajstić information content (AvgIpc) is 3.06. The molecule has 3 aromatic rings. The lowest BCUT2D eigenvalue weighted by atomic mass is 10.0. The standard InChI is InChI=1S/C19H20FN3OS/c1-24-16-7-6-13(12-14(16)20)18(23-10-8-21-9-11-23)19-22-15-4-2-3-5-17(15)25-19/h2-7,12,18,21H,8-11H2,1H3. The van der Waals surface area contributed by atoms with Gasteiger partial charge in [-0.05, 0) is 29.8 Å². The number of aromatic nitrogens is 1. The van der Waals surface area contributed by atoms with Gasteiger partial charge in [0.2, 0.25) is 0 Å². The molecule has 1 aliphatic rings. The normalized spacial score (nSPS) is 16.9. The SMILES string of the molecule is COc1ccc(C(c2nc3ccccc3s2)N2CCNCC2)cc1F. The van der Waals surface area contributed by atoms with Gasteiger partial charge in [0.25, 0.3) is 0 Å². The number of fused-ring (bicyclic) bond motifs is 1. The highest BCUT2D eigenvalue weighted by atomic mass is 32.1. The summed E-state index contributed by atoms with van der Waals surface area (Å²) in [7, 11) is 1.49. The highest BCUT2D eigenvalue weighted by molar-refractivity contribution is 7.18. The molecule has 4 nitrogen and oxygen atoms in total. The van der Waals surface area contributed by atoms with E-state index in [-0.39, 0.29) is 17.6 Å². The van der Waals surface area contributed by atoms with Crippen LogP contribution in [0, 0.1) is 5.82 Å². The summed E-state index contributed by atoms with van der Waals surface area (Å²) in [5.74, 6) is -0.0617. The molecule has 1 saturated heterocycles. The van der Waals surface area contributed by atoms with Crippen LogP contribution in [0.5, 0.6) is 5.75 Å². The summed E-state index contributed by atoms with van der Waals surface area (Å²) in [6, 6.07) is 13.3. The molecule has 1 aromatic heterocycles. The van der Waals surface area contributed by atoms with Gasteiger partial charge in [0.1, 0.15) is 5.01 Å². The number of para-hydroxylation sites is 1. The lowest BCUT2D eigenvalue weighted by Crippen LogP contribution is -2.45. The van der Waals surface area contributed by atoms with Crippen LogP contribution in [-0.2, 0) is 0 Å². The lowest BCUT2D eigenvalue weighted by Gasteiger charge is -2.34. The van der Waals surface area contributed by atoms with E-state index in [9.17, 15) is 4.39 Å². The maximum absolute atomic E-state index is 14.3. The van der Waals surface area contributed by atoms with Gasteiger partial charge in [-0.1, -0.05) is 18.2 Å². The molecule has 1 atom stereocenters. The van der Waals surface area contributed by atoms with Gasteiger partial charge in [0, 0.05) is 26.2 Å². The van der Waals surface area contributed by atoms with Gasteiger partial charge in [0.15, 0.2) is 11.6 Å². The Kier molecular flexibility index (Phi) is 4.65. The molecule has 1 fully saturated rings. The minimum absolute atomic E-state index is 0.0418. The van der Waals surface area contributed by atoms with Crippen LogP contribution in [0.2, 0.25) is 0 Å². The molecule has 0 saturated carbocycles. The number of hydrogen-bond donors (Lipinski definition) is 1. The minimum atomic E-state index is -0.332. The van der Waals surface area contributed by atoms with Gasteiger partial charge in [-0.2, -0.15) is 0 Å². The van der Waals surface area contributed by atoms with E-state index in [1.54, 1.807) is 23.5 Å². The van der Waals surface area contributed by atoms with Crippen LogP contribution in [0.1, 0.15) is 16.6 Å². The molecule has 4 rings (SSSR count). The number of benzene rings is 2. The summed E-state index contributed by atoms with van der Waals surface area (Å²) in [6.07, 6.45) is 0. The monoisotopic (exact) mass is 357 g/mol. The Morgan fingerprint density at radius 3 is 2.72 bits per heavy atom. The van der Waals surface area contributed by atoms with Gasteiger partial charge in [-0.3, -0.25) is 4.90 Å². The third-order valence-corrected chi connectivity index (χ3v) is 5.64. The molecule has 1 N–H and O–H groups in total. The minimum Gasteiger partial charge on any atom is -0.494 e. The molecule has 0 spiro atoms. The van der Waals surface area contributed by atoms with Crippen molar-refractivity contribution in [1.82, 2.24) is 15.2 Å². The summed E-state index contributed by atoms with van der Waals surface area (Å²) in [5, 5.41) is 4.38. The van der Waals surface area contributed by atoms with E-state index in [2.05, 4.69) is 16.3 Å². The highest BCUT2D eigenvalue weighted by Crippen LogP contribution is 2.35. The number of nitrogens with one attached hydrogen (secondary N) is 1. The van der Waals surface area contributed by atoms with Crippen molar-refractivity contribution in [3.05, 3.63) is 58.9 Å². The molecule has 0 bridgehead atoms. The smallest absolute Gasteiger partial charge is 0.165 e. The van der Waals surface area contributed by atoms with Gasteiger partial charge in [0.05, 0.1) is 23.4 Å². The number of halogens is 1. The van der Waals surface area contributed by atoms with Crippen molar-refractivity contribution in [2.24, 2.45) is 0 Å². The van der Waals surface area contributed by atoms with Crippen molar-refractivity contribution in [3.8, 4) is 5.75 Å². The van der Waals surface area contributed by atoms with E-state index < -0.39 is 0 Å². The first-order chi connectivity index (χ1) is 12.3. The maximum atomic E-state index is 14.3. The fourth-order valence-electron chi connectivity index (χ4n) is 3.31. The van der Waals surface area contributed by atoms with E-state index in [0.717, 1.165) is 47.0 Å². The van der Waals surface area contributed by atoms with Crippen LogP contribution in [-0.4, -0.2) is 43.2 Å². The van der Waals surface area contributed by atoms with Crippen LogP contribution in [0.15, 0.2) is 42.5 Å². The first-order valence-electron chi connectivity index (χ1n) is 8.40. The number of ether oxygens (including phenoxy) is 1. The lowest BCUT2D eigenvalue weighted by molar-refractivity contribution is 0.198. The number of hydrogen-bond acceptors (Lipinski definition) is 5. The Labute approximate surface area is 150 Å². The third-order valence-electron chi connectivity index (χ3n) is 4.55. The average molecular weight is 357 g/mol. The van der Waals surface area contributed by atoms with Gasteiger partial charge in [-0.15, -0.1) is 11.3 Å². The van der Waals surface area contributed by atoms with Crippen LogP contribution in [0.25, 0.3) is 10.2 Å². The third kappa shape index (κ3) is 3.25. The molecular formula is C19H20FN3OS. The van der Waals surface area contributed by atoms with Crippen molar-refractivity contribution in [2.75, 3.05) is 33.3 Å². The zero-order chi connectivity index (χ0) is 17.2. The van der Waals surface area contributed by atoms with Crippen molar-refractivity contribution in [1.29, 1.82) is 0 Å². The summed E-state index contributed by atoms with van der Waals surface area (Å²) < 4.78 is 20.6. The second-order valence-corrected chi connectivity index (χ2v) is 7.16. The number of thiazole rings is 1. The molecule has 0 aliphatic carbocycles. The highest BCUT2D eigenvalue weighted by Gasteiger charge is 2.27. The first kappa shape index (κ1) is 16.4. The van der Waals surface area contributed by atoms with Crippen LogP contribution < -0.4 is 10.1 Å². The Bertz CT molecular complexity index is 843. The summed E-state index contributed by atoms with van der Waals surface area (Å²) in [4.78, 5) is 7.21. The number of methoxy groups -OCH3 is 1. The van der Waals surface area contributed by atoms with Crippen molar-refractivity contribution in [2.45, 2.75) is 6.04 Å². The van der Waals surface area contributed by atoms with Crippen LogP contribution >= 0.6 is 11.3 Å². The van der Waals surface area contributed by atoms with Crippen molar-refractivity contribution >= 4 is 21.6 Å². The molecule has 130 valence electrons. The summed E-state index contributed by atoms with van der Waals surface area (Å²) in [6.45, 7) is 3.68. The fraction of sp³-hybridized carbons (Fsp3) is 0.316. The zero-order valence-corrected chi connectivity index (χ0v) is 14.9. The number of rotatable bonds is 4. The molecule has 25 heavy (non-hydrogen) atoms. The van der Waals surface area contributed by atoms with E-state index in [4.69, 9.17) is 9.72 Å².